The van der Waals surface area contributed by atoms with Gasteiger partial charge in [0.25, 0.3) is 0 Å². The Bertz CT molecular complexity index is 283. The van der Waals surface area contributed by atoms with E-state index in [0.29, 0.717) is 11.6 Å². The van der Waals surface area contributed by atoms with Gasteiger partial charge in [0.1, 0.15) is 0 Å². The summed E-state index contributed by atoms with van der Waals surface area (Å²) in [5.41, 5.74) is 0.433. The van der Waals surface area contributed by atoms with E-state index in [9.17, 15) is 0 Å². The third kappa shape index (κ3) is 3.95. The van der Waals surface area contributed by atoms with Crippen LogP contribution in [0.1, 0.15) is 60.3 Å². The molecule has 112 valence electrons. The molecule has 2 nitrogen and oxygen atoms in total. The predicted octanol–water partition coefficient (Wildman–Crippen LogP) is 3.52. The number of nitrogens with one attached hydrogen (secondary N) is 1. The van der Waals surface area contributed by atoms with Crippen LogP contribution in [0.15, 0.2) is 0 Å². The van der Waals surface area contributed by atoms with Crippen LogP contribution in [-0.4, -0.2) is 36.1 Å². The van der Waals surface area contributed by atoms with Crippen molar-refractivity contribution in [3.8, 4) is 0 Å². The normalized spacial score (nSPS) is 33.3. The maximum Gasteiger partial charge on any atom is 0.0334 e. The van der Waals surface area contributed by atoms with Crippen LogP contribution in [0.2, 0.25) is 0 Å². The minimum absolute atomic E-state index is 0.433. The summed E-state index contributed by atoms with van der Waals surface area (Å²) < 4.78 is 0. The molecule has 0 bridgehead atoms. The SMILES string of the molecule is CC(C)CCN1CC(CC(C)C)NCC1(C)C1CC1. The lowest BCUT2D eigenvalue weighted by molar-refractivity contribution is 0.0273. The predicted molar refractivity (Wildman–Crippen MR) is 83.4 cm³/mol. The zero-order chi connectivity index (χ0) is 14.0. The standard InChI is InChI=1S/C17H34N2/c1-13(2)8-9-19-11-16(10-14(3)4)18-12-17(19,5)15-6-7-15/h13-16,18H,6-12H2,1-5H3. The molecule has 1 aliphatic carbocycles. The van der Waals surface area contributed by atoms with E-state index in [4.69, 9.17) is 0 Å². The van der Waals surface area contributed by atoms with Crippen LogP contribution in [0.3, 0.4) is 0 Å². The topological polar surface area (TPSA) is 15.3 Å². The molecule has 1 aliphatic heterocycles. The first-order valence-electron chi connectivity index (χ1n) is 8.40. The van der Waals surface area contributed by atoms with Crippen LogP contribution in [-0.2, 0) is 0 Å². The first-order valence-corrected chi connectivity index (χ1v) is 8.40. The Morgan fingerprint density at radius 2 is 1.84 bits per heavy atom. The first kappa shape index (κ1) is 15.3. The maximum absolute atomic E-state index is 3.84. The zero-order valence-electron chi connectivity index (χ0n) is 13.7. The quantitative estimate of drug-likeness (QED) is 0.791. The van der Waals surface area contributed by atoms with Crippen LogP contribution < -0.4 is 5.32 Å². The summed E-state index contributed by atoms with van der Waals surface area (Å²) in [6, 6.07) is 0.707. The largest absolute Gasteiger partial charge is 0.311 e. The van der Waals surface area contributed by atoms with E-state index in [1.54, 1.807) is 0 Å². The van der Waals surface area contributed by atoms with Gasteiger partial charge >= 0.3 is 0 Å². The highest BCUT2D eigenvalue weighted by atomic mass is 15.3. The molecule has 2 rings (SSSR count). The van der Waals surface area contributed by atoms with Gasteiger partial charge in [-0.2, -0.15) is 0 Å². The summed E-state index contributed by atoms with van der Waals surface area (Å²) in [5.74, 6) is 2.57. The van der Waals surface area contributed by atoms with Crippen molar-refractivity contribution in [2.75, 3.05) is 19.6 Å². The zero-order valence-corrected chi connectivity index (χ0v) is 13.7. The molecule has 0 aromatic heterocycles. The van der Waals surface area contributed by atoms with Crippen molar-refractivity contribution in [1.82, 2.24) is 10.2 Å². The highest BCUT2D eigenvalue weighted by Gasteiger charge is 2.47. The van der Waals surface area contributed by atoms with Crippen LogP contribution in [0.4, 0.5) is 0 Å². The van der Waals surface area contributed by atoms with Gasteiger partial charge < -0.3 is 5.32 Å². The van der Waals surface area contributed by atoms with Gasteiger partial charge in [0, 0.05) is 24.7 Å². The third-order valence-electron chi connectivity index (χ3n) is 5.10. The highest BCUT2D eigenvalue weighted by molar-refractivity contribution is 5.04. The summed E-state index contributed by atoms with van der Waals surface area (Å²) in [5, 5.41) is 3.84. The van der Waals surface area contributed by atoms with E-state index in [2.05, 4.69) is 44.8 Å². The lowest BCUT2D eigenvalue weighted by atomic mass is 9.87. The van der Waals surface area contributed by atoms with E-state index in [1.807, 2.05) is 0 Å². The van der Waals surface area contributed by atoms with E-state index >= 15 is 0 Å². The van der Waals surface area contributed by atoms with Crippen molar-refractivity contribution >= 4 is 0 Å². The fourth-order valence-corrected chi connectivity index (χ4v) is 3.60. The van der Waals surface area contributed by atoms with Gasteiger partial charge in [-0.05, 0) is 56.9 Å². The monoisotopic (exact) mass is 266 g/mol. The average Bonchev–Trinajstić information content (AvgIpc) is 3.13. The van der Waals surface area contributed by atoms with Gasteiger partial charge in [-0.1, -0.05) is 27.7 Å². The van der Waals surface area contributed by atoms with Gasteiger partial charge in [0.2, 0.25) is 0 Å². The highest BCUT2D eigenvalue weighted by Crippen LogP contribution is 2.44. The Labute approximate surface area is 120 Å². The second kappa shape index (κ2) is 6.13. The molecule has 1 saturated heterocycles. The molecule has 2 aliphatic rings. The Morgan fingerprint density at radius 1 is 1.16 bits per heavy atom. The summed E-state index contributed by atoms with van der Waals surface area (Å²) in [7, 11) is 0. The number of rotatable bonds is 6. The summed E-state index contributed by atoms with van der Waals surface area (Å²) in [6.07, 6.45) is 5.56. The van der Waals surface area contributed by atoms with Gasteiger partial charge in [0.05, 0.1) is 0 Å². The Morgan fingerprint density at radius 3 is 2.37 bits per heavy atom. The van der Waals surface area contributed by atoms with E-state index in [-0.39, 0.29) is 0 Å². The second-order valence-electron chi connectivity index (χ2n) is 7.97. The molecule has 2 atom stereocenters. The van der Waals surface area contributed by atoms with E-state index < -0.39 is 0 Å². The lowest BCUT2D eigenvalue weighted by Gasteiger charge is -2.49. The van der Waals surface area contributed by atoms with Crippen molar-refractivity contribution < 1.29 is 0 Å². The van der Waals surface area contributed by atoms with Crippen molar-refractivity contribution in [2.45, 2.75) is 71.9 Å². The Kier molecular flexibility index (Phi) is 4.94. The minimum atomic E-state index is 0.433. The molecular weight excluding hydrogens is 232 g/mol. The maximum atomic E-state index is 3.84. The van der Waals surface area contributed by atoms with Crippen LogP contribution >= 0.6 is 0 Å². The molecule has 19 heavy (non-hydrogen) atoms. The first-order chi connectivity index (χ1) is 8.91. The molecule has 2 heteroatoms. The third-order valence-corrected chi connectivity index (χ3v) is 5.10. The van der Waals surface area contributed by atoms with Gasteiger partial charge in [-0.25, -0.2) is 0 Å². The second-order valence-corrected chi connectivity index (χ2v) is 7.97. The van der Waals surface area contributed by atoms with Crippen molar-refractivity contribution in [3.05, 3.63) is 0 Å². The van der Waals surface area contributed by atoms with Gasteiger partial charge in [-0.3, -0.25) is 4.90 Å². The molecule has 2 fully saturated rings. The molecule has 0 radical (unpaired) electrons. The minimum Gasteiger partial charge on any atom is -0.311 e. The van der Waals surface area contributed by atoms with E-state index in [0.717, 1.165) is 17.8 Å². The molecule has 0 amide bonds. The fourth-order valence-electron chi connectivity index (χ4n) is 3.60. The van der Waals surface area contributed by atoms with Crippen LogP contribution in [0, 0.1) is 17.8 Å². The number of hydrogen-bond donors (Lipinski definition) is 1. The molecule has 1 saturated carbocycles. The lowest BCUT2D eigenvalue weighted by Crippen LogP contribution is -2.64. The van der Waals surface area contributed by atoms with E-state index in [1.165, 1.54) is 45.3 Å². The van der Waals surface area contributed by atoms with Crippen molar-refractivity contribution in [1.29, 1.82) is 0 Å². The fraction of sp³-hybridized carbons (Fsp3) is 1.00. The van der Waals surface area contributed by atoms with Gasteiger partial charge in [-0.15, -0.1) is 0 Å². The molecule has 1 heterocycles. The van der Waals surface area contributed by atoms with Crippen LogP contribution in [0.25, 0.3) is 0 Å². The molecule has 2 unspecified atom stereocenters. The van der Waals surface area contributed by atoms with Crippen LogP contribution in [0.5, 0.6) is 0 Å². The molecule has 0 aromatic rings. The number of piperazine rings is 1. The average molecular weight is 266 g/mol. The Balaban J connectivity index is 1.96. The summed E-state index contributed by atoms with van der Waals surface area (Å²) in [4.78, 5) is 2.83. The molecule has 1 N–H and O–H groups in total. The number of nitrogens with zero attached hydrogens (tertiary/aromatic N) is 1. The molecule has 0 spiro atoms. The molecule has 0 aromatic carbocycles. The summed E-state index contributed by atoms with van der Waals surface area (Å²) in [6.45, 7) is 15.6. The number of hydrogen-bond acceptors (Lipinski definition) is 2. The van der Waals surface area contributed by atoms with Crippen molar-refractivity contribution in [3.63, 3.8) is 0 Å². The molecular formula is C17H34N2. The van der Waals surface area contributed by atoms with Gasteiger partial charge in [0.15, 0.2) is 0 Å². The smallest absolute Gasteiger partial charge is 0.0334 e. The summed E-state index contributed by atoms with van der Waals surface area (Å²) >= 11 is 0. The Hall–Kier alpha value is -0.0800. The van der Waals surface area contributed by atoms with Crippen molar-refractivity contribution in [2.24, 2.45) is 17.8 Å².